The Hall–Kier alpha value is -4.26. The molecule has 4 aromatic heterocycles. The summed E-state index contributed by atoms with van der Waals surface area (Å²) in [4.78, 5) is 35.5. The van der Waals surface area contributed by atoms with Crippen LogP contribution in [0, 0.1) is 6.92 Å². The minimum absolute atomic E-state index is 0.112. The van der Waals surface area contributed by atoms with Crippen molar-refractivity contribution in [3.8, 4) is 22.6 Å². The molecule has 1 amide bonds. The molecule has 5 rings (SSSR count). The highest BCUT2D eigenvalue weighted by molar-refractivity contribution is 5.98. The van der Waals surface area contributed by atoms with Gasteiger partial charge in [0.2, 0.25) is 0 Å². The highest BCUT2D eigenvalue weighted by Crippen LogP contribution is 2.35. The fourth-order valence-electron chi connectivity index (χ4n) is 3.53. The zero-order chi connectivity index (χ0) is 20.8. The number of fused-ring (bicyclic) bond motifs is 2. The van der Waals surface area contributed by atoms with Gasteiger partial charge in [-0.05, 0) is 55.0 Å². The van der Waals surface area contributed by atoms with Crippen LogP contribution in [0.3, 0.4) is 0 Å². The van der Waals surface area contributed by atoms with Crippen LogP contribution in [-0.4, -0.2) is 20.9 Å². The lowest BCUT2D eigenvalue weighted by Gasteiger charge is -2.11. The maximum atomic E-state index is 12.2. The second kappa shape index (κ2) is 6.66. The van der Waals surface area contributed by atoms with Gasteiger partial charge in [-0.15, -0.1) is 0 Å². The monoisotopic (exact) mass is 396 g/mol. The first-order valence-corrected chi connectivity index (χ1v) is 9.29. The molecule has 0 aliphatic heterocycles. The molecule has 3 N–H and O–H groups in total. The minimum atomic E-state index is -0.790. The second-order valence-corrected chi connectivity index (χ2v) is 7.02. The largest absolute Gasteiger partial charge is 0.460 e. The second-order valence-electron chi connectivity index (χ2n) is 7.02. The minimum Gasteiger partial charge on any atom is -0.460 e. The van der Waals surface area contributed by atoms with Crippen LogP contribution in [0.4, 0.5) is 0 Å². The maximum Gasteiger partial charge on any atom is 0.262 e. The standard InChI is InChI=1S/C23H16N4O3/c1-12-4-7-19(30-12)20-16(13-5-6-18-14(9-13)3-2-8-25-18)10-15-11-17(21(24)28)23(29)27-22(15)26-20/h2-11H,1H3,(H2,24,28)(H,26,27,29). The van der Waals surface area contributed by atoms with Gasteiger partial charge in [0.1, 0.15) is 22.7 Å². The first-order chi connectivity index (χ1) is 14.5. The number of carbonyl (C=O) groups is 1. The predicted molar refractivity (Wildman–Crippen MR) is 114 cm³/mol. The number of H-pyrrole nitrogens is 1. The summed E-state index contributed by atoms with van der Waals surface area (Å²) >= 11 is 0. The van der Waals surface area contributed by atoms with Gasteiger partial charge >= 0.3 is 0 Å². The Morgan fingerprint density at radius 2 is 1.93 bits per heavy atom. The summed E-state index contributed by atoms with van der Waals surface area (Å²) in [6, 6.07) is 16.8. The number of rotatable bonds is 3. The van der Waals surface area contributed by atoms with Crippen LogP contribution >= 0.6 is 0 Å². The van der Waals surface area contributed by atoms with Crippen LogP contribution in [-0.2, 0) is 0 Å². The molecule has 0 saturated heterocycles. The molecule has 0 aliphatic rings. The van der Waals surface area contributed by atoms with Crippen LogP contribution < -0.4 is 11.3 Å². The number of hydrogen-bond acceptors (Lipinski definition) is 5. The summed E-state index contributed by atoms with van der Waals surface area (Å²) in [6.45, 7) is 1.85. The van der Waals surface area contributed by atoms with Gasteiger partial charge < -0.3 is 15.1 Å². The molecule has 0 radical (unpaired) electrons. The molecular weight excluding hydrogens is 380 g/mol. The Morgan fingerprint density at radius 3 is 2.70 bits per heavy atom. The number of aryl methyl sites for hydroxylation is 1. The molecule has 7 heteroatoms. The molecule has 5 aromatic rings. The molecule has 0 bridgehead atoms. The quantitative estimate of drug-likeness (QED) is 0.481. The van der Waals surface area contributed by atoms with Gasteiger partial charge in [-0.25, -0.2) is 4.98 Å². The molecule has 7 nitrogen and oxygen atoms in total. The topological polar surface area (TPSA) is 115 Å². The van der Waals surface area contributed by atoms with E-state index in [0.29, 0.717) is 22.5 Å². The van der Waals surface area contributed by atoms with E-state index >= 15 is 0 Å². The van der Waals surface area contributed by atoms with E-state index in [-0.39, 0.29) is 5.56 Å². The molecular formula is C23H16N4O3. The van der Waals surface area contributed by atoms with E-state index in [1.807, 2.05) is 55.5 Å². The van der Waals surface area contributed by atoms with E-state index in [2.05, 4.69) is 15.0 Å². The Balaban J connectivity index is 1.83. The van der Waals surface area contributed by atoms with Crippen LogP contribution in [0.1, 0.15) is 16.1 Å². The number of nitrogens with two attached hydrogens (primary N) is 1. The van der Waals surface area contributed by atoms with Crippen molar-refractivity contribution in [1.82, 2.24) is 15.0 Å². The number of hydrogen-bond donors (Lipinski definition) is 2. The number of nitrogens with one attached hydrogen (secondary N) is 1. The normalized spacial score (nSPS) is 11.2. The number of benzene rings is 1. The van der Waals surface area contributed by atoms with Gasteiger partial charge in [0.05, 0.1) is 5.52 Å². The summed E-state index contributed by atoms with van der Waals surface area (Å²) in [6.07, 6.45) is 1.75. The number of pyridine rings is 3. The number of aromatic nitrogens is 3. The Labute approximate surface area is 170 Å². The number of nitrogens with zero attached hydrogens (tertiary/aromatic N) is 2. The van der Waals surface area contributed by atoms with E-state index < -0.39 is 11.5 Å². The molecule has 0 atom stereocenters. The SMILES string of the molecule is Cc1ccc(-c2nc3[nH]c(=O)c(C(N)=O)cc3cc2-c2ccc3ncccc3c2)o1. The molecule has 0 fully saturated rings. The van der Waals surface area contributed by atoms with E-state index in [1.54, 1.807) is 6.20 Å². The molecule has 0 unspecified atom stereocenters. The molecule has 0 saturated carbocycles. The van der Waals surface area contributed by atoms with Crippen LogP contribution in [0.25, 0.3) is 44.5 Å². The fraction of sp³-hybridized carbons (Fsp3) is 0.0435. The van der Waals surface area contributed by atoms with E-state index in [0.717, 1.165) is 27.8 Å². The van der Waals surface area contributed by atoms with Gasteiger partial charge in [0.15, 0.2) is 5.76 Å². The lowest BCUT2D eigenvalue weighted by Crippen LogP contribution is -2.23. The Bertz CT molecular complexity index is 1510. The zero-order valence-electron chi connectivity index (χ0n) is 16.0. The van der Waals surface area contributed by atoms with E-state index in [4.69, 9.17) is 10.2 Å². The van der Waals surface area contributed by atoms with E-state index in [9.17, 15) is 9.59 Å². The van der Waals surface area contributed by atoms with Crippen molar-refractivity contribution in [2.24, 2.45) is 5.73 Å². The molecule has 146 valence electrons. The zero-order valence-corrected chi connectivity index (χ0v) is 16.0. The smallest absolute Gasteiger partial charge is 0.262 e. The number of aromatic amines is 1. The Kier molecular flexibility index (Phi) is 3.96. The molecule has 4 heterocycles. The third-order valence-corrected chi connectivity index (χ3v) is 4.98. The number of carbonyl (C=O) groups excluding carboxylic acids is 1. The molecule has 1 aromatic carbocycles. The van der Waals surface area contributed by atoms with Gasteiger partial charge in [-0.3, -0.25) is 14.6 Å². The van der Waals surface area contributed by atoms with Crippen LogP contribution in [0.2, 0.25) is 0 Å². The Morgan fingerprint density at radius 1 is 1.07 bits per heavy atom. The highest BCUT2D eigenvalue weighted by Gasteiger charge is 2.17. The lowest BCUT2D eigenvalue weighted by molar-refractivity contribution is 0.0999. The number of furan rings is 1. The number of primary amides is 1. The summed E-state index contributed by atoms with van der Waals surface area (Å²) < 4.78 is 5.82. The fourth-order valence-corrected chi connectivity index (χ4v) is 3.53. The third-order valence-electron chi connectivity index (χ3n) is 4.98. The molecule has 0 spiro atoms. The maximum absolute atomic E-state index is 12.2. The summed E-state index contributed by atoms with van der Waals surface area (Å²) in [7, 11) is 0. The van der Waals surface area contributed by atoms with Gasteiger partial charge in [-0.1, -0.05) is 12.1 Å². The van der Waals surface area contributed by atoms with Crippen molar-refractivity contribution in [3.63, 3.8) is 0 Å². The number of amides is 1. The average molecular weight is 396 g/mol. The average Bonchev–Trinajstić information content (AvgIpc) is 3.18. The summed E-state index contributed by atoms with van der Waals surface area (Å²) in [5.41, 5.74) is 8.16. The molecule has 0 aliphatic carbocycles. The van der Waals surface area contributed by atoms with Gasteiger partial charge in [-0.2, -0.15) is 0 Å². The first-order valence-electron chi connectivity index (χ1n) is 9.29. The lowest BCUT2D eigenvalue weighted by atomic mass is 9.99. The van der Waals surface area contributed by atoms with Crippen molar-refractivity contribution in [2.75, 3.05) is 0 Å². The van der Waals surface area contributed by atoms with Crippen molar-refractivity contribution >= 4 is 27.8 Å². The van der Waals surface area contributed by atoms with Crippen molar-refractivity contribution in [1.29, 1.82) is 0 Å². The first kappa shape index (κ1) is 17.8. The molecule has 30 heavy (non-hydrogen) atoms. The highest BCUT2D eigenvalue weighted by atomic mass is 16.3. The van der Waals surface area contributed by atoms with Crippen LogP contribution in [0.15, 0.2) is 70.0 Å². The van der Waals surface area contributed by atoms with Crippen molar-refractivity contribution in [3.05, 3.63) is 82.5 Å². The third kappa shape index (κ3) is 2.93. The van der Waals surface area contributed by atoms with Gasteiger partial charge in [0, 0.05) is 22.5 Å². The predicted octanol–water partition coefficient (Wildman–Crippen LogP) is 3.81. The van der Waals surface area contributed by atoms with Crippen molar-refractivity contribution < 1.29 is 9.21 Å². The van der Waals surface area contributed by atoms with Crippen LogP contribution in [0.5, 0.6) is 0 Å². The van der Waals surface area contributed by atoms with E-state index in [1.165, 1.54) is 6.07 Å². The van der Waals surface area contributed by atoms with Gasteiger partial charge in [0.25, 0.3) is 11.5 Å². The summed E-state index contributed by atoms with van der Waals surface area (Å²) in [5, 5.41) is 1.58. The summed E-state index contributed by atoms with van der Waals surface area (Å²) in [5.74, 6) is 0.538. The van der Waals surface area contributed by atoms with Crippen molar-refractivity contribution in [2.45, 2.75) is 6.92 Å².